The predicted molar refractivity (Wildman–Crippen MR) is 94.7 cm³/mol. The highest BCUT2D eigenvalue weighted by atomic mass is 19.3. The zero-order valence-electron chi connectivity index (χ0n) is 13.4. The minimum atomic E-state index is -3.00. The number of halogens is 2. The smallest absolute Gasteiger partial charge is 0.387 e. The van der Waals surface area contributed by atoms with Gasteiger partial charge in [-0.05, 0) is 36.4 Å². The number of rotatable bonds is 4. The number of benzene rings is 3. The first-order valence-corrected chi connectivity index (χ1v) is 7.88. The van der Waals surface area contributed by atoms with Gasteiger partial charge < -0.3 is 14.5 Å². The average molecular weight is 353 g/mol. The molecule has 0 radical (unpaired) electrons. The van der Waals surface area contributed by atoms with Crippen LogP contribution in [0.4, 0.5) is 14.5 Å². The van der Waals surface area contributed by atoms with Crippen LogP contribution in [0.2, 0.25) is 0 Å². The third-order valence-corrected chi connectivity index (χ3v) is 3.98. The Kier molecular flexibility index (Phi) is 4.01. The number of nitrogens with one attached hydrogen (secondary N) is 1. The summed E-state index contributed by atoms with van der Waals surface area (Å²) in [4.78, 5) is 12.5. The van der Waals surface area contributed by atoms with E-state index in [4.69, 9.17) is 4.42 Å². The Morgan fingerprint density at radius 3 is 2.50 bits per heavy atom. The first kappa shape index (κ1) is 16.1. The van der Waals surface area contributed by atoms with Crippen LogP contribution in [0.15, 0.2) is 71.1 Å². The quantitative estimate of drug-likeness (QED) is 0.531. The van der Waals surface area contributed by atoms with E-state index in [1.807, 2.05) is 24.3 Å². The molecule has 1 N–H and O–H groups in total. The van der Waals surface area contributed by atoms with Gasteiger partial charge in [0.15, 0.2) is 0 Å². The second-order valence-electron chi connectivity index (χ2n) is 5.64. The maximum absolute atomic E-state index is 12.5. The van der Waals surface area contributed by atoms with Crippen LogP contribution in [0.3, 0.4) is 0 Å². The number of hydrogen-bond acceptors (Lipinski definition) is 3. The van der Waals surface area contributed by atoms with Gasteiger partial charge in [0, 0.05) is 16.5 Å². The highest BCUT2D eigenvalue weighted by molar-refractivity contribution is 6.09. The van der Waals surface area contributed by atoms with Crippen molar-refractivity contribution in [2.24, 2.45) is 0 Å². The summed E-state index contributed by atoms with van der Waals surface area (Å²) in [6, 6.07) is 18.7. The van der Waals surface area contributed by atoms with Crippen LogP contribution in [0.25, 0.3) is 21.9 Å². The van der Waals surface area contributed by atoms with Crippen LogP contribution in [-0.2, 0) is 0 Å². The molecule has 0 fully saturated rings. The van der Waals surface area contributed by atoms with Crippen LogP contribution >= 0.6 is 0 Å². The van der Waals surface area contributed by atoms with E-state index in [-0.39, 0.29) is 11.3 Å². The zero-order valence-corrected chi connectivity index (χ0v) is 13.4. The van der Waals surface area contributed by atoms with Crippen molar-refractivity contribution in [3.05, 3.63) is 72.3 Å². The number of para-hydroxylation sites is 2. The lowest BCUT2D eigenvalue weighted by atomic mass is 10.1. The Morgan fingerprint density at radius 2 is 1.65 bits per heavy atom. The van der Waals surface area contributed by atoms with Gasteiger partial charge in [-0.3, -0.25) is 4.79 Å². The Hall–Kier alpha value is -3.41. The number of carbonyl (C=O) groups is 1. The van der Waals surface area contributed by atoms with Gasteiger partial charge >= 0.3 is 6.61 Å². The van der Waals surface area contributed by atoms with E-state index < -0.39 is 12.5 Å². The predicted octanol–water partition coefficient (Wildman–Crippen LogP) is 5.44. The fourth-order valence-electron chi connectivity index (χ4n) is 2.86. The van der Waals surface area contributed by atoms with E-state index in [9.17, 15) is 13.6 Å². The van der Waals surface area contributed by atoms with Crippen LogP contribution in [0.1, 0.15) is 10.4 Å². The van der Waals surface area contributed by atoms with Crippen molar-refractivity contribution in [2.45, 2.75) is 6.61 Å². The number of amides is 1. The van der Waals surface area contributed by atoms with Gasteiger partial charge in [0.05, 0.1) is 5.56 Å². The van der Waals surface area contributed by atoms with Crippen molar-refractivity contribution >= 4 is 33.5 Å². The van der Waals surface area contributed by atoms with Crippen LogP contribution < -0.4 is 10.1 Å². The Labute approximate surface area is 147 Å². The summed E-state index contributed by atoms with van der Waals surface area (Å²) >= 11 is 0. The Morgan fingerprint density at radius 1 is 0.923 bits per heavy atom. The molecule has 130 valence electrons. The molecule has 0 aliphatic rings. The number of furan rings is 1. The molecule has 0 spiro atoms. The van der Waals surface area contributed by atoms with Crippen molar-refractivity contribution in [1.29, 1.82) is 0 Å². The lowest BCUT2D eigenvalue weighted by Crippen LogP contribution is -2.14. The zero-order chi connectivity index (χ0) is 18.1. The molecule has 0 aliphatic carbocycles. The molecule has 0 saturated heterocycles. The summed E-state index contributed by atoms with van der Waals surface area (Å²) in [5, 5.41) is 4.50. The van der Waals surface area contributed by atoms with E-state index in [1.165, 1.54) is 18.2 Å². The van der Waals surface area contributed by atoms with E-state index in [1.54, 1.807) is 24.3 Å². The SMILES string of the molecule is O=C(Nc1ccc2oc3ccccc3c2c1)c1ccccc1OC(F)F. The van der Waals surface area contributed by atoms with Gasteiger partial charge in [-0.1, -0.05) is 30.3 Å². The minimum Gasteiger partial charge on any atom is -0.456 e. The van der Waals surface area contributed by atoms with Crippen molar-refractivity contribution in [3.63, 3.8) is 0 Å². The first-order valence-electron chi connectivity index (χ1n) is 7.88. The highest BCUT2D eigenvalue weighted by Crippen LogP contribution is 2.31. The molecule has 1 heterocycles. The highest BCUT2D eigenvalue weighted by Gasteiger charge is 2.16. The van der Waals surface area contributed by atoms with Gasteiger partial charge in [0.2, 0.25) is 0 Å². The molecule has 3 aromatic carbocycles. The van der Waals surface area contributed by atoms with E-state index in [0.717, 1.165) is 16.4 Å². The summed E-state index contributed by atoms with van der Waals surface area (Å²) in [5.74, 6) is -0.705. The largest absolute Gasteiger partial charge is 0.456 e. The lowest BCUT2D eigenvalue weighted by molar-refractivity contribution is -0.0501. The fraction of sp³-hybridized carbons (Fsp3) is 0.0500. The van der Waals surface area contributed by atoms with Gasteiger partial charge in [0.1, 0.15) is 16.9 Å². The number of carbonyl (C=O) groups excluding carboxylic acids is 1. The molecule has 1 aromatic heterocycles. The van der Waals surface area contributed by atoms with Crippen LogP contribution in [0, 0.1) is 0 Å². The molecule has 4 rings (SSSR count). The standard InChI is InChI=1S/C20H13F2NO3/c21-20(22)26-17-8-4-2-6-14(17)19(24)23-12-9-10-18-15(11-12)13-5-1-3-7-16(13)25-18/h1-11,20H,(H,23,24). The van der Waals surface area contributed by atoms with Crippen molar-refractivity contribution in [3.8, 4) is 5.75 Å². The molecular formula is C20H13F2NO3. The molecule has 26 heavy (non-hydrogen) atoms. The first-order chi connectivity index (χ1) is 12.6. The monoisotopic (exact) mass is 353 g/mol. The molecule has 0 bridgehead atoms. The van der Waals surface area contributed by atoms with Crippen molar-refractivity contribution < 1.29 is 22.7 Å². The van der Waals surface area contributed by atoms with E-state index in [2.05, 4.69) is 10.1 Å². The van der Waals surface area contributed by atoms with Gasteiger partial charge in [-0.15, -0.1) is 0 Å². The Bertz CT molecular complexity index is 1100. The van der Waals surface area contributed by atoms with Crippen LogP contribution in [0.5, 0.6) is 5.75 Å². The van der Waals surface area contributed by atoms with Gasteiger partial charge in [0.25, 0.3) is 5.91 Å². The number of anilines is 1. The molecule has 0 saturated carbocycles. The second-order valence-corrected chi connectivity index (χ2v) is 5.64. The normalized spacial score (nSPS) is 11.2. The maximum atomic E-state index is 12.5. The molecule has 0 atom stereocenters. The molecule has 4 aromatic rings. The molecule has 1 amide bonds. The van der Waals surface area contributed by atoms with E-state index >= 15 is 0 Å². The molecule has 0 aliphatic heterocycles. The summed E-state index contributed by atoms with van der Waals surface area (Å²) in [6.45, 7) is -3.00. The molecule has 6 heteroatoms. The molecular weight excluding hydrogens is 340 g/mol. The second kappa shape index (κ2) is 6.48. The maximum Gasteiger partial charge on any atom is 0.387 e. The van der Waals surface area contributed by atoms with Gasteiger partial charge in [-0.25, -0.2) is 0 Å². The number of fused-ring (bicyclic) bond motifs is 3. The molecule has 0 unspecified atom stereocenters. The summed E-state index contributed by atoms with van der Waals surface area (Å²) in [6.07, 6.45) is 0. The summed E-state index contributed by atoms with van der Waals surface area (Å²) in [7, 11) is 0. The lowest BCUT2D eigenvalue weighted by Gasteiger charge is -2.11. The average Bonchev–Trinajstić information content (AvgIpc) is 3.00. The van der Waals surface area contributed by atoms with Crippen molar-refractivity contribution in [1.82, 2.24) is 0 Å². The number of ether oxygens (including phenoxy) is 1. The third-order valence-electron chi connectivity index (χ3n) is 3.98. The number of hydrogen-bond donors (Lipinski definition) is 1. The van der Waals surface area contributed by atoms with E-state index in [0.29, 0.717) is 11.3 Å². The van der Waals surface area contributed by atoms with Crippen molar-refractivity contribution in [2.75, 3.05) is 5.32 Å². The fourth-order valence-corrected chi connectivity index (χ4v) is 2.86. The third kappa shape index (κ3) is 2.97. The van der Waals surface area contributed by atoms with Gasteiger partial charge in [-0.2, -0.15) is 8.78 Å². The summed E-state index contributed by atoms with van der Waals surface area (Å²) in [5.41, 5.74) is 2.01. The molecule has 4 nitrogen and oxygen atoms in total. The topological polar surface area (TPSA) is 51.5 Å². The summed E-state index contributed by atoms with van der Waals surface area (Å²) < 4.78 is 35.2. The minimum absolute atomic E-state index is 0.0324. The Balaban J connectivity index is 1.67. The number of alkyl halides is 2. The van der Waals surface area contributed by atoms with Crippen LogP contribution in [-0.4, -0.2) is 12.5 Å².